The first-order valence-corrected chi connectivity index (χ1v) is 5.93. The molecule has 16 heavy (non-hydrogen) atoms. The van der Waals surface area contributed by atoms with E-state index in [2.05, 4.69) is 22.6 Å². The lowest BCUT2D eigenvalue weighted by atomic mass is 10.2. The number of ether oxygens (including phenoxy) is 2. The van der Waals surface area contributed by atoms with Gasteiger partial charge < -0.3 is 9.47 Å². The number of benzene rings is 1. The molecule has 0 amide bonds. The van der Waals surface area contributed by atoms with Gasteiger partial charge in [-0.2, -0.15) is 0 Å². The molecule has 1 aromatic rings. The molecule has 0 aliphatic rings. The second kappa shape index (κ2) is 6.52. The summed E-state index contributed by atoms with van der Waals surface area (Å²) < 4.78 is 11.0. The van der Waals surface area contributed by atoms with Crippen LogP contribution in [-0.4, -0.2) is 19.7 Å². The Morgan fingerprint density at radius 3 is 2.81 bits per heavy atom. The minimum atomic E-state index is -0.333. The lowest BCUT2D eigenvalue weighted by molar-refractivity contribution is -0.137. The molecule has 0 saturated carbocycles. The lowest BCUT2D eigenvalue weighted by Crippen LogP contribution is -1.98. The fourth-order valence-corrected chi connectivity index (χ4v) is 1.82. The molecule has 1 aromatic carbocycles. The number of carbonyl (C=O) groups is 1. The van der Waals surface area contributed by atoms with Crippen molar-refractivity contribution >= 4 is 34.6 Å². The van der Waals surface area contributed by atoms with Gasteiger partial charge >= 0.3 is 5.97 Å². The van der Waals surface area contributed by atoms with Crippen molar-refractivity contribution in [2.24, 2.45) is 0 Å². The summed E-state index contributed by atoms with van der Waals surface area (Å²) in [4.78, 5) is 11.1. The van der Waals surface area contributed by atoms with Crippen molar-refractivity contribution in [2.45, 2.75) is 6.92 Å². The van der Waals surface area contributed by atoms with E-state index < -0.39 is 0 Å². The fraction of sp³-hybridized carbons (Fsp3) is 0.250. The van der Waals surface area contributed by atoms with Gasteiger partial charge in [0.25, 0.3) is 0 Å². The van der Waals surface area contributed by atoms with Gasteiger partial charge in [-0.1, -0.05) is 0 Å². The molecular weight excluding hydrogens is 319 g/mol. The minimum absolute atomic E-state index is 0.333. The van der Waals surface area contributed by atoms with Crippen molar-refractivity contribution in [2.75, 3.05) is 13.7 Å². The van der Waals surface area contributed by atoms with Gasteiger partial charge in [-0.3, -0.25) is 0 Å². The first-order valence-electron chi connectivity index (χ1n) is 4.85. The quantitative estimate of drug-likeness (QED) is 0.483. The number of carbonyl (C=O) groups excluding carboxylic acids is 1. The Balaban J connectivity index is 2.80. The van der Waals surface area contributed by atoms with Crippen molar-refractivity contribution in [3.05, 3.63) is 33.4 Å². The summed E-state index contributed by atoms with van der Waals surface area (Å²) in [5.74, 6) is 0.440. The van der Waals surface area contributed by atoms with Crippen LogP contribution in [0, 0.1) is 3.57 Å². The average Bonchev–Trinajstić information content (AvgIpc) is 2.26. The Labute approximate surface area is 109 Å². The Bertz CT molecular complexity index is 399. The van der Waals surface area contributed by atoms with Gasteiger partial charge in [0.2, 0.25) is 0 Å². The summed E-state index contributed by atoms with van der Waals surface area (Å²) in [6.45, 7) is 2.17. The summed E-state index contributed by atoms with van der Waals surface area (Å²) >= 11 is 2.20. The summed E-state index contributed by atoms with van der Waals surface area (Å²) in [6.07, 6.45) is 3.12. The summed E-state index contributed by atoms with van der Waals surface area (Å²) in [6, 6.07) is 5.74. The van der Waals surface area contributed by atoms with Crippen molar-refractivity contribution in [3.8, 4) is 5.75 Å². The molecule has 0 aromatic heterocycles. The highest BCUT2D eigenvalue weighted by atomic mass is 127. The number of hydrogen-bond donors (Lipinski definition) is 0. The standard InChI is InChI=1S/C12H13IO3/c1-3-16-12(14)5-4-9-6-10(13)8-11(7-9)15-2/h4-8H,3H2,1-2H3/b5-4+. The number of esters is 1. The van der Waals surface area contributed by atoms with Crippen LogP contribution in [0.15, 0.2) is 24.3 Å². The zero-order valence-corrected chi connectivity index (χ0v) is 11.4. The van der Waals surface area contributed by atoms with E-state index >= 15 is 0 Å². The van der Waals surface area contributed by atoms with E-state index in [-0.39, 0.29) is 5.97 Å². The zero-order chi connectivity index (χ0) is 12.0. The summed E-state index contributed by atoms with van der Waals surface area (Å²) in [7, 11) is 1.62. The average molecular weight is 332 g/mol. The van der Waals surface area contributed by atoms with Crippen LogP contribution in [0.2, 0.25) is 0 Å². The maximum atomic E-state index is 11.1. The van der Waals surface area contributed by atoms with Crippen LogP contribution in [-0.2, 0) is 9.53 Å². The maximum absolute atomic E-state index is 11.1. The number of halogens is 1. The van der Waals surface area contributed by atoms with Crippen LogP contribution in [0.3, 0.4) is 0 Å². The van der Waals surface area contributed by atoms with Crippen LogP contribution < -0.4 is 4.74 Å². The molecule has 0 radical (unpaired) electrons. The van der Waals surface area contributed by atoms with Crippen molar-refractivity contribution < 1.29 is 14.3 Å². The molecule has 0 aliphatic carbocycles. The molecule has 0 spiro atoms. The number of hydrogen-bond acceptors (Lipinski definition) is 3. The number of methoxy groups -OCH3 is 1. The van der Waals surface area contributed by atoms with Gasteiger partial charge in [0, 0.05) is 9.65 Å². The topological polar surface area (TPSA) is 35.5 Å². The largest absolute Gasteiger partial charge is 0.497 e. The molecule has 0 bridgehead atoms. The van der Waals surface area contributed by atoms with Crippen molar-refractivity contribution in [1.82, 2.24) is 0 Å². The predicted octanol–water partition coefficient (Wildman–Crippen LogP) is 2.88. The van der Waals surface area contributed by atoms with E-state index in [0.717, 1.165) is 14.9 Å². The third kappa shape index (κ3) is 4.22. The first kappa shape index (κ1) is 13.0. The molecule has 1 rings (SSSR count). The molecule has 0 aliphatic heterocycles. The van der Waals surface area contributed by atoms with Crippen LogP contribution in [0.5, 0.6) is 5.75 Å². The monoisotopic (exact) mass is 332 g/mol. The van der Waals surface area contributed by atoms with Gasteiger partial charge in [-0.05, 0) is 59.4 Å². The van der Waals surface area contributed by atoms with Gasteiger partial charge in [0.1, 0.15) is 5.75 Å². The molecule has 0 heterocycles. The van der Waals surface area contributed by atoms with Crippen LogP contribution in [0.1, 0.15) is 12.5 Å². The molecule has 0 N–H and O–H groups in total. The minimum Gasteiger partial charge on any atom is -0.497 e. The molecule has 0 saturated heterocycles. The van der Waals surface area contributed by atoms with Crippen molar-refractivity contribution in [3.63, 3.8) is 0 Å². The highest BCUT2D eigenvalue weighted by Gasteiger charge is 1.98. The fourth-order valence-electron chi connectivity index (χ4n) is 1.15. The van der Waals surface area contributed by atoms with Gasteiger partial charge in [-0.15, -0.1) is 0 Å². The summed E-state index contributed by atoms with van der Waals surface area (Å²) in [5.41, 5.74) is 0.914. The van der Waals surface area contributed by atoms with E-state index in [4.69, 9.17) is 9.47 Å². The number of rotatable bonds is 4. The van der Waals surface area contributed by atoms with Crippen LogP contribution in [0.4, 0.5) is 0 Å². The first-order chi connectivity index (χ1) is 7.65. The Hall–Kier alpha value is -1.04. The van der Waals surface area contributed by atoms with E-state index in [9.17, 15) is 4.79 Å². The molecule has 0 fully saturated rings. The Morgan fingerprint density at radius 1 is 1.44 bits per heavy atom. The second-order valence-electron chi connectivity index (χ2n) is 3.01. The van der Waals surface area contributed by atoms with Crippen molar-refractivity contribution in [1.29, 1.82) is 0 Å². The van der Waals surface area contributed by atoms with Gasteiger partial charge in [0.15, 0.2) is 0 Å². The molecule has 3 nitrogen and oxygen atoms in total. The Kier molecular flexibility index (Phi) is 5.31. The van der Waals surface area contributed by atoms with E-state index in [1.165, 1.54) is 6.08 Å². The summed E-state index contributed by atoms with van der Waals surface area (Å²) in [5, 5.41) is 0. The molecule has 86 valence electrons. The van der Waals surface area contributed by atoms with Crippen LogP contribution >= 0.6 is 22.6 Å². The molecule has 0 unspecified atom stereocenters. The van der Waals surface area contributed by atoms with Gasteiger partial charge in [0.05, 0.1) is 13.7 Å². The SMILES string of the molecule is CCOC(=O)/C=C/c1cc(I)cc(OC)c1. The van der Waals surface area contributed by atoms with E-state index in [0.29, 0.717) is 6.61 Å². The normalized spacial score (nSPS) is 10.4. The van der Waals surface area contributed by atoms with Crippen LogP contribution in [0.25, 0.3) is 6.08 Å². The highest BCUT2D eigenvalue weighted by Crippen LogP contribution is 2.19. The van der Waals surface area contributed by atoms with Gasteiger partial charge in [-0.25, -0.2) is 4.79 Å². The zero-order valence-electron chi connectivity index (χ0n) is 9.20. The highest BCUT2D eigenvalue weighted by molar-refractivity contribution is 14.1. The third-order valence-corrected chi connectivity index (χ3v) is 2.45. The maximum Gasteiger partial charge on any atom is 0.330 e. The predicted molar refractivity (Wildman–Crippen MR) is 71.4 cm³/mol. The molecule has 4 heteroatoms. The second-order valence-corrected chi connectivity index (χ2v) is 4.26. The lowest BCUT2D eigenvalue weighted by Gasteiger charge is -2.02. The van der Waals surface area contributed by atoms with E-state index in [1.54, 1.807) is 20.1 Å². The molecule has 0 atom stereocenters. The Morgan fingerprint density at radius 2 is 2.19 bits per heavy atom. The smallest absolute Gasteiger partial charge is 0.330 e. The molecular formula is C12H13IO3. The van der Waals surface area contributed by atoms with E-state index in [1.807, 2.05) is 18.2 Å². The third-order valence-electron chi connectivity index (χ3n) is 1.83.